The van der Waals surface area contributed by atoms with Crippen molar-refractivity contribution in [3.05, 3.63) is 84.8 Å². The second-order valence-corrected chi connectivity index (χ2v) is 7.07. The number of carbonyl (C=O) groups excluding carboxylic acids is 1. The van der Waals surface area contributed by atoms with Crippen molar-refractivity contribution in [1.29, 1.82) is 0 Å². The molecule has 0 N–H and O–H groups in total. The van der Waals surface area contributed by atoms with Crippen molar-refractivity contribution >= 4 is 23.4 Å². The van der Waals surface area contributed by atoms with Crippen LogP contribution in [0.2, 0.25) is 0 Å². The molecule has 4 aromatic rings. The fourth-order valence-corrected chi connectivity index (χ4v) is 3.37. The summed E-state index contributed by atoms with van der Waals surface area (Å²) in [6.45, 7) is 0.831. The molecule has 0 radical (unpaired) electrons. The summed E-state index contributed by atoms with van der Waals surface area (Å²) in [5.41, 5.74) is 1.90. The monoisotopic (exact) mass is 406 g/mol. The average molecular weight is 406 g/mol. The number of para-hydroxylation sites is 1. The van der Waals surface area contributed by atoms with Crippen LogP contribution in [0.4, 0.5) is 5.69 Å². The van der Waals surface area contributed by atoms with Gasteiger partial charge < -0.3 is 9.32 Å². The highest BCUT2D eigenvalue weighted by atomic mass is 32.2. The lowest BCUT2D eigenvalue weighted by molar-refractivity contribution is -0.116. The van der Waals surface area contributed by atoms with Crippen molar-refractivity contribution in [2.75, 3.05) is 10.7 Å². The van der Waals surface area contributed by atoms with Gasteiger partial charge in [0.05, 0.1) is 12.3 Å². The van der Waals surface area contributed by atoms with E-state index in [9.17, 15) is 4.79 Å². The Bertz CT molecular complexity index is 1040. The van der Waals surface area contributed by atoms with E-state index in [1.807, 2.05) is 60.7 Å². The molecule has 146 valence electrons. The number of thioether (sulfide) groups is 1. The molecule has 0 aliphatic carbocycles. The topological polar surface area (TPSA) is 89.9 Å². The van der Waals surface area contributed by atoms with Gasteiger partial charge in [0.25, 0.3) is 5.22 Å². The van der Waals surface area contributed by atoms with Crippen LogP contribution in [0.15, 0.2) is 83.0 Å². The zero-order valence-electron chi connectivity index (χ0n) is 15.5. The standard InChI is InChI=1S/C20H18N6O2S/c27-19(13-29-20-24-23-18(28-20)12-25-15-21-14-22-25)26(17-9-5-2-6-10-17)11-16-7-3-1-4-8-16/h1-10,14-15H,11-13H2. The maximum absolute atomic E-state index is 13.0. The van der Waals surface area contributed by atoms with Gasteiger partial charge in [-0.3, -0.25) is 4.79 Å². The van der Waals surface area contributed by atoms with E-state index in [1.54, 1.807) is 15.9 Å². The number of carbonyl (C=O) groups is 1. The predicted octanol–water partition coefficient (Wildman–Crippen LogP) is 3.03. The zero-order valence-corrected chi connectivity index (χ0v) is 16.3. The number of anilines is 1. The summed E-state index contributed by atoms with van der Waals surface area (Å²) in [5, 5.41) is 12.3. The van der Waals surface area contributed by atoms with E-state index >= 15 is 0 Å². The molecule has 0 saturated heterocycles. The van der Waals surface area contributed by atoms with Crippen molar-refractivity contribution in [3.8, 4) is 0 Å². The molecule has 0 aliphatic heterocycles. The predicted molar refractivity (Wildman–Crippen MR) is 108 cm³/mol. The van der Waals surface area contributed by atoms with Gasteiger partial charge in [-0.05, 0) is 17.7 Å². The summed E-state index contributed by atoms with van der Waals surface area (Å²) >= 11 is 1.22. The lowest BCUT2D eigenvalue weighted by Gasteiger charge is -2.22. The van der Waals surface area contributed by atoms with Gasteiger partial charge in [0.15, 0.2) is 0 Å². The van der Waals surface area contributed by atoms with Gasteiger partial charge in [0.1, 0.15) is 19.2 Å². The van der Waals surface area contributed by atoms with Gasteiger partial charge in [-0.2, -0.15) is 5.10 Å². The summed E-state index contributed by atoms with van der Waals surface area (Å²) in [6, 6.07) is 19.5. The molecular weight excluding hydrogens is 388 g/mol. The molecule has 8 nitrogen and oxygen atoms in total. The van der Waals surface area contributed by atoms with E-state index in [0.29, 0.717) is 24.2 Å². The third-order valence-electron chi connectivity index (χ3n) is 4.08. The summed E-state index contributed by atoms with van der Waals surface area (Å²) in [4.78, 5) is 18.6. The lowest BCUT2D eigenvalue weighted by Crippen LogP contribution is -2.31. The number of hydrogen-bond donors (Lipinski definition) is 0. The van der Waals surface area contributed by atoms with Crippen LogP contribution in [0.1, 0.15) is 11.5 Å². The van der Waals surface area contributed by atoms with Crippen LogP contribution in [0.3, 0.4) is 0 Å². The molecule has 4 rings (SSSR count). The van der Waals surface area contributed by atoms with Gasteiger partial charge in [0.2, 0.25) is 11.8 Å². The highest BCUT2D eigenvalue weighted by molar-refractivity contribution is 7.99. The average Bonchev–Trinajstić information content (AvgIpc) is 3.44. The minimum Gasteiger partial charge on any atom is -0.414 e. The van der Waals surface area contributed by atoms with Crippen LogP contribution in [0.5, 0.6) is 0 Å². The first-order valence-electron chi connectivity index (χ1n) is 8.95. The van der Waals surface area contributed by atoms with Gasteiger partial charge in [0, 0.05) is 5.69 Å². The van der Waals surface area contributed by atoms with Crippen LogP contribution < -0.4 is 4.90 Å². The minimum absolute atomic E-state index is 0.0407. The largest absolute Gasteiger partial charge is 0.414 e. The van der Waals surface area contributed by atoms with Crippen LogP contribution in [-0.2, 0) is 17.9 Å². The van der Waals surface area contributed by atoms with E-state index in [4.69, 9.17) is 4.42 Å². The van der Waals surface area contributed by atoms with Crippen molar-refractivity contribution in [2.24, 2.45) is 0 Å². The Kier molecular flexibility index (Phi) is 5.96. The van der Waals surface area contributed by atoms with Gasteiger partial charge >= 0.3 is 0 Å². The highest BCUT2D eigenvalue weighted by Crippen LogP contribution is 2.21. The quantitative estimate of drug-likeness (QED) is 0.416. The smallest absolute Gasteiger partial charge is 0.277 e. The molecule has 29 heavy (non-hydrogen) atoms. The minimum atomic E-state index is -0.0407. The lowest BCUT2D eigenvalue weighted by atomic mass is 10.2. The molecule has 0 spiro atoms. The second-order valence-electron chi connectivity index (χ2n) is 6.14. The van der Waals surface area contributed by atoms with Crippen LogP contribution in [0, 0.1) is 0 Å². The fraction of sp³-hybridized carbons (Fsp3) is 0.150. The highest BCUT2D eigenvalue weighted by Gasteiger charge is 2.18. The van der Waals surface area contributed by atoms with Crippen LogP contribution in [0.25, 0.3) is 0 Å². The first kappa shape index (κ1) is 18.9. The third-order valence-corrected chi connectivity index (χ3v) is 4.89. The molecule has 1 amide bonds. The first-order valence-corrected chi connectivity index (χ1v) is 9.93. The Morgan fingerprint density at radius 2 is 1.79 bits per heavy atom. The molecular formula is C20H18N6O2S. The summed E-state index contributed by atoms with van der Waals surface area (Å²) in [5.74, 6) is 0.558. The number of nitrogens with zero attached hydrogens (tertiary/aromatic N) is 6. The van der Waals surface area contributed by atoms with E-state index in [0.717, 1.165) is 11.3 Å². The van der Waals surface area contributed by atoms with E-state index in [2.05, 4.69) is 20.3 Å². The van der Waals surface area contributed by atoms with Crippen molar-refractivity contribution in [1.82, 2.24) is 25.0 Å². The third kappa shape index (κ3) is 5.08. The number of amides is 1. The Labute approximate surface area is 171 Å². The fourth-order valence-electron chi connectivity index (χ4n) is 2.71. The Morgan fingerprint density at radius 1 is 1.03 bits per heavy atom. The SMILES string of the molecule is O=C(CSc1nnc(Cn2cncn2)o1)N(Cc1ccccc1)c1ccccc1. The summed E-state index contributed by atoms with van der Waals surface area (Å²) in [6.07, 6.45) is 3.01. The van der Waals surface area contributed by atoms with Crippen molar-refractivity contribution in [3.63, 3.8) is 0 Å². The number of hydrogen-bond acceptors (Lipinski definition) is 7. The normalized spacial score (nSPS) is 10.8. The molecule has 0 unspecified atom stereocenters. The summed E-state index contributed by atoms with van der Waals surface area (Å²) < 4.78 is 7.18. The van der Waals surface area contributed by atoms with Gasteiger partial charge in [-0.1, -0.05) is 60.3 Å². The summed E-state index contributed by atoms with van der Waals surface area (Å²) in [7, 11) is 0. The second kappa shape index (κ2) is 9.16. The van der Waals surface area contributed by atoms with Crippen LogP contribution in [-0.4, -0.2) is 36.6 Å². The van der Waals surface area contributed by atoms with Gasteiger partial charge in [-0.15, -0.1) is 10.2 Å². The maximum atomic E-state index is 13.0. The molecule has 0 fully saturated rings. The molecule has 2 aromatic carbocycles. The maximum Gasteiger partial charge on any atom is 0.277 e. The van der Waals surface area contributed by atoms with E-state index in [1.165, 1.54) is 18.1 Å². The number of benzene rings is 2. The molecule has 2 aromatic heterocycles. The van der Waals surface area contributed by atoms with E-state index < -0.39 is 0 Å². The molecule has 0 aliphatic rings. The van der Waals surface area contributed by atoms with E-state index in [-0.39, 0.29) is 11.7 Å². The number of rotatable bonds is 8. The van der Waals surface area contributed by atoms with Crippen molar-refractivity contribution < 1.29 is 9.21 Å². The molecule has 0 atom stereocenters. The Hall–Kier alpha value is -3.46. The zero-order chi connectivity index (χ0) is 19.9. The Morgan fingerprint density at radius 3 is 2.52 bits per heavy atom. The number of aromatic nitrogens is 5. The molecule has 2 heterocycles. The van der Waals surface area contributed by atoms with Gasteiger partial charge in [-0.25, -0.2) is 9.67 Å². The first-order chi connectivity index (χ1) is 14.3. The molecule has 0 saturated carbocycles. The van der Waals surface area contributed by atoms with Crippen LogP contribution >= 0.6 is 11.8 Å². The molecule has 0 bridgehead atoms. The molecule has 9 heteroatoms. The van der Waals surface area contributed by atoms with Crippen molar-refractivity contribution in [2.45, 2.75) is 18.3 Å². The Balaban J connectivity index is 1.42.